The van der Waals surface area contributed by atoms with Gasteiger partial charge in [-0.25, -0.2) is 0 Å². The summed E-state index contributed by atoms with van der Waals surface area (Å²) in [6, 6.07) is -0.413. The summed E-state index contributed by atoms with van der Waals surface area (Å²) in [7, 11) is 0. The highest BCUT2D eigenvalue weighted by molar-refractivity contribution is 5.75. The lowest BCUT2D eigenvalue weighted by molar-refractivity contribution is -0.145. The van der Waals surface area contributed by atoms with E-state index in [9.17, 15) is 4.79 Å². The van der Waals surface area contributed by atoms with Gasteiger partial charge in [-0.1, -0.05) is 44.9 Å². The standard InChI is InChI=1S/C13H25NO2/c1-2-16-13(15)12(14)10-11-8-6-4-3-5-7-9-11/h11-12H,2-10,14H2,1H3. The van der Waals surface area contributed by atoms with Crippen molar-refractivity contribution in [3.05, 3.63) is 0 Å². The molecule has 2 N–H and O–H groups in total. The highest BCUT2D eigenvalue weighted by atomic mass is 16.5. The van der Waals surface area contributed by atoms with Gasteiger partial charge in [-0.2, -0.15) is 0 Å². The quantitative estimate of drug-likeness (QED) is 0.751. The van der Waals surface area contributed by atoms with Gasteiger partial charge in [0.05, 0.1) is 6.61 Å². The molecule has 0 aromatic heterocycles. The van der Waals surface area contributed by atoms with E-state index in [1.807, 2.05) is 6.92 Å². The molecule has 0 radical (unpaired) electrons. The number of rotatable bonds is 4. The zero-order chi connectivity index (χ0) is 11.8. The zero-order valence-electron chi connectivity index (χ0n) is 10.4. The smallest absolute Gasteiger partial charge is 0.322 e. The van der Waals surface area contributed by atoms with Crippen molar-refractivity contribution in [3.63, 3.8) is 0 Å². The Kier molecular flexibility index (Phi) is 6.46. The summed E-state index contributed by atoms with van der Waals surface area (Å²) in [5, 5.41) is 0. The summed E-state index contributed by atoms with van der Waals surface area (Å²) in [5.74, 6) is 0.393. The maximum absolute atomic E-state index is 11.4. The number of esters is 1. The molecule has 0 heterocycles. The number of hydrogen-bond donors (Lipinski definition) is 1. The lowest BCUT2D eigenvalue weighted by Crippen LogP contribution is -2.34. The van der Waals surface area contributed by atoms with Gasteiger partial charge < -0.3 is 10.5 Å². The minimum Gasteiger partial charge on any atom is -0.465 e. The molecule has 0 spiro atoms. The highest BCUT2D eigenvalue weighted by Crippen LogP contribution is 2.25. The normalized spacial score (nSPS) is 20.9. The average molecular weight is 227 g/mol. The monoisotopic (exact) mass is 227 g/mol. The van der Waals surface area contributed by atoms with E-state index in [4.69, 9.17) is 10.5 Å². The molecule has 1 rings (SSSR count). The van der Waals surface area contributed by atoms with Crippen molar-refractivity contribution in [2.24, 2.45) is 11.7 Å². The first-order valence-corrected chi connectivity index (χ1v) is 6.66. The van der Waals surface area contributed by atoms with Crippen LogP contribution in [-0.4, -0.2) is 18.6 Å². The molecule has 0 aromatic rings. The SMILES string of the molecule is CCOC(=O)C(N)CC1CCCCCCC1. The van der Waals surface area contributed by atoms with Crippen molar-refractivity contribution < 1.29 is 9.53 Å². The molecular weight excluding hydrogens is 202 g/mol. The number of carbonyl (C=O) groups excluding carboxylic acids is 1. The fourth-order valence-electron chi connectivity index (χ4n) is 2.48. The van der Waals surface area contributed by atoms with Crippen molar-refractivity contribution in [1.29, 1.82) is 0 Å². The fraction of sp³-hybridized carbons (Fsp3) is 0.923. The molecular formula is C13H25NO2. The Morgan fingerprint density at radius 2 is 1.81 bits per heavy atom. The number of ether oxygens (including phenoxy) is 1. The van der Waals surface area contributed by atoms with Gasteiger partial charge >= 0.3 is 5.97 Å². The first-order chi connectivity index (χ1) is 7.74. The summed E-state index contributed by atoms with van der Waals surface area (Å²) in [4.78, 5) is 11.4. The van der Waals surface area contributed by atoms with Crippen LogP contribution in [0.5, 0.6) is 0 Å². The number of carbonyl (C=O) groups is 1. The lowest BCUT2D eigenvalue weighted by atomic mass is 9.87. The van der Waals surface area contributed by atoms with Crippen molar-refractivity contribution in [1.82, 2.24) is 0 Å². The van der Waals surface area contributed by atoms with Crippen molar-refractivity contribution in [3.8, 4) is 0 Å². The number of hydrogen-bond acceptors (Lipinski definition) is 3. The van der Waals surface area contributed by atoms with Crippen LogP contribution in [0.25, 0.3) is 0 Å². The highest BCUT2D eigenvalue weighted by Gasteiger charge is 2.20. The first-order valence-electron chi connectivity index (χ1n) is 6.66. The second kappa shape index (κ2) is 7.66. The first kappa shape index (κ1) is 13.5. The molecule has 0 aromatic carbocycles. The van der Waals surface area contributed by atoms with E-state index in [0.29, 0.717) is 12.5 Å². The molecule has 1 atom stereocenters. The third-order valence-corrected chi connectivity index (χ3v) is 3.40. The van der Waals surface area contributed by atoms with Crippen LogP contribution in [-0.2, 0) is 9.53 Å². The van der Waals surface area contributed by atoms with Crippen molar-refractivity contribution in [2.45, 2.75) is 64.3 Å². The molecule has 1 saturated carbocycles. The number of nitrogens with two attached hydrogens (primary N) is 1. The predicted octanol–water partition coefficient (Wildman–Crippen LogP) is 2.63. The second-order valence-corrected chi connectivity index (χ2v) is 4.81. The molecule has 0 saturated heterocycles. The van der Waals surface area contributed by atoms with E-state index in [-0.39, 0.29) is 5.97 Å². The molecule has 0 amide bonds. The maximum Gasteiger partial charge on any atom is 0.322 e. The van der Waals surface area contributed by atoms with Gasteiger partial charge in [-0.15, -0.1) is 0 Å². The Morgan fingerprint density at radius 3 is 2.38 bits per heavy atom. The van der Waals surface area contributed by atoms with Crippen LogP contribution in [0.1, 0.15) is 58.3 Å². The van der Waals surface area contributed by atoms with Gasteiger partial charge in [0.15, 0.2) is 0 Å². The molecule has 3 heteroatoms. The van der Waals surface area contributed by atoms with Gasteiger partial charge in [0.25, 0.3) is 0 Å². The molecule has 1 aliphatic rings. The largest absolute Gasteiger partial charge is 0.465 e. The van der Waals surface area contributed by atoms with Crippen LogP contribution in [0, 0.1) is 5.92 Å². The zero-order valence-corrected chi connectivity index (χ0v) is 10.4. The van der Waals surface area contributed by atoms with Gasteiger partial charge in [-0.05, 0) is 19.3 Å². The Morgan fingerprint density at radius 1 is 1.25 bits per heavy atom. The van der Waals surface area contributed by atoms with Crippen LogP contribution >= 0.6 is 0 Å². The van der Waals surface area contributed by atoms with Crippen molar-refractivity contribution >= 4 is 5.97 Å². The van der Waals surface area contributed by atoms with Gasteiger partial charge in [0.1, 0.15) is 6.04 Å². The molecule has 0 bridgehead atoms. The second-order valence-electron chi connectivity index (χ2n) is 4.81. The van der Waals surface area contributed by atoms with Gasteiger partial charge in [0, 0.05) is 0 Å². The van der Waals surface area contributed by atoms with Crippen molar-refractivity contribution in [2.75, 3.05) is 6.61 Å². The lowest BCUT2D eigenvalue weighted by Gasteiger charge is -2.21. The molecule has 1 fully saturated rings. The molecule has 1 aliphatic carbocycles. The summed E-state index contributed by atoms with van der Waals surface area (Å²) in [6.07, 6.45) is 9.90. The van der Waals surface area contributed by atoms with E-state index in [0.717, 1.165) is 6.42 Å². The summed E-state index contributed by atoms with van der Waals surface area (Å²) < 4.78 is 4.94. The topological polar surface area (TPSA) is 52.3 Å². The van der Waals surface area contributed by atoms with Crippen LogP contribution in [0.15, 0.2) is 0 Å². The van der Waals surface area contributed by atoms with E-state index < -0.39 is 6.04 Å². The minimum absolute atomic E-state index is 0.232. The predicted molar refractivity (Wildman–Crippen MR) is 65.0 cm³/mol. The van der Waals surface area contributed by atoms with Gasteiger partial charge in [0.2, 0.25) is 0 Å². The summed E-state index contributed by atoms with van der Waals surface area (Å²) in [5.41, 5.74) is 5.85. The molecule has 1 unspecified atom stereocenters. The summed E-state index contributed by atoms with van der Waals surface area (Å²) >= 11 is 0. The molecule has 94 valence electrons. The van der Waals surface area contributed by atoms with Crippen LogP contribution in [0.3, 0.4) is 0 Å². The van der Waals surface area contributed by atoms with E-state index in [1.165, 1.54) is 44.9 Å². The Bertz CT molecular complexity index is 198. The molecule has 3 nitrogen and oxygen atoms in total. The maximum atomic E-state index is 11.4. The Labute approximate surface area is 98.7 Å². The van der Waals surface area contributed by atoms with Crippen LogP contribution < -0.4 is 5.73 Å². The Hall–Kier alpha value is -0.570. The third-order valence-electron chi connectivity index (χ3n) is 3.40. The van der Waals surface area contributed by atoms with E-state index in [2.05, 4.69) is 0 Å². The molecule has 0 aliphatic heterocycles. The average Bonchev–Trinajstić information content (AvgIpc) is 2.22. The molecule has 16 heavy (non-hydrogen) atoms. The van der Waals surface area contributed by atoms with Crippen LogP contribution in [0.4, 0.5) is 0 Å². The Balaban J connectivity index is 2.29. The van der Waals surface area contributed by atoms with E-state index >= 15 is 0 Å². The minimum atomic E-state index is -0.413. The third kappa shape index (κ3) is 4.97. The summed E-state index contributed by atoms with van der Waals surface area (Å²) in [6.45, 7) is 2.25. The van der Waals surface area contributed by atoms with E-state index in [1.54, 1.807) is 0 Å². The van der Waals surface area contributed by atoms with Crippen LogP contribution in [0.2, 0.25) is 0 Å². The van der Waals surface area contributed by atoms with Gasteiger partial charge in [-0.3, -0.25) is 4.79 Å². The fourth-order valence-corrected chi connectivity index (χ4v) is 2.48.